The van der Waals surface area contributed by atoms with Gasteiger partial charge >= 0.3 is 12.0 Å². The van der Waals surface area contributed by atoms with Crippen molar-refractivity contribution in [2.45, 2.75) is 18.9 Å². The van der Waals surface area contributed by atoms with E-state index in [0.717, 1.165) is 3.57 Å². The van der Waals surface area contributed by atoms with Crippen LogP contribution in [0.25, 0.3) is 0 Å². The summed E-state index contributed by atoms with van der Waals surface area (Å²) in [7, 11) is 1.54. The van der Waals surface area contributed by atoms with Crippen LogP contribution >= 0.6 is 34.2 Å². The molecule has 21 heavy (non-hydrogen) atoms. The van der Waals surface area contributed by atoms with Gasteiger partial charge in [-0.1, -0.05) is 11.6 Å². The lowest BCUT2D eigenvalue weighted by atomic mass is 10.1. The average Bonchev–Trinajstić information content (AvgIpc) is 2.41. The van der Waals surface area contributed by atoms with E-state index in [1.54, 1.807) is 18.2 Å². The first-order chi connectivity index (χ1) is 9.93. The molecule has 0 saturated carbocycles. The number of aliphatic carboxylic acids is 1. The molecule has 0 heterocycles. The van der Waals surface area contributed by atoms with Crippen molar-refractivity contribution in [3.05, 3.63) is 26.8 Å². The van der Waals surface area contributed by atoms with Crippen molar-refractivity contribution in [3.8, 4) is 0 Å². The Balaban J connectivity index is 2.59. The third kappa shape index (κ3) is 6.49. The maximum absolute atomic E-state index is 11.8. The Bertz CT molecular complexity index is 513. The predicted molar refractivity (Wildman–Crippen MR) is 88.9 cm³/mol. The molecule has 0 spiro atoms. The first-order valence-corrected chi connectivity index (χ1v) is 7.64. The molecule has 1 atom stereocenters. The Morgan fingerprint density at radius 2 is 2.19 bits per heavy atom. The van der Waals surface area contributed by atoms with Gasteiger partial charge in [-0.05, 0) is 53.6 Å². The highest BCUT2D eigenvalue weighted by molar-refractivity contribution is 14.1. The second kappa shape index (κ2) is 9.06. The summed E-state index contributed by atoms with van der Waals surface area (Å²) in [5.74, 6) is -1.09. The van der Waals surface area contributed by atoms with Gasteiger partial charge in [0.2, 0.25) is 0 Å². The number of urea groups is 1. The van der Waals surface area contributed by atoms with Crippen LogP contribution < -0.4 is 10.6 Å². The number of hydrogen-bond acceptors (Lipinski definition) is 3. The topological polar surface area (TPSA) is 87.7 Å². The smallest absolute Gasteiger partial charge is 0.326 e. The predicted octanol–water partition coefficient (Wildman–Crippen LogP) is 2.95. The third-order valence-corrected chi connectivity index (χ3v) is 3.61. The van der Waals surface area contributed by atoms with Crippen LogP contribution in [-0.2, 0) is 9.53 Å². The van der Waals surface area contributed by atoms with Gasteiger partial charge in [-0.15, -0.1) is 0 Å². The molecular formula is C13H16ClIN2O4. The minimum atomic E-state index is -1.09. The zero-order valence-electron chi connectivity index (χ0n) is 11.4. The van der Waals surface area contributed by atoms with Gasteiger partial charge in [0.15, 0.2) is 0 Å². The van der Waals surface area contributed by atoms with Gasteiger partial charge in [-0.2, -0.15) is 0 Å². The Kier molecular flexibility index (Phi) is 7.76. The maximum atomic E-state index is 11.8. The number of hydrogen-bond donors (Lipinski definition) is 3. The maximum Gasteiger partial charge on any atom is 0.326 e. The zero-order valence-corrected chi connectivity index (χ0v) is 14.3. The second-order valence-corrected chi connectivity index (χ2v) is 5.90. The molecule has 1 rings (SSSR count). The minimum Gasteiger partial charge on any atom is -0.480 e. The molecule has 0 aliphatic carbocycles. The molecule has 1 aromatic rings. The number of benzene rings is 1. The van der Waals surface area contributed by atoms with E-state index in [9.17, 15) is 9.59 Å². The van der Waals surface area contributed by atoms with Gasteiger partial charge < -0.3 is 20.5 Å². The molecule has 3 N–H and O–H groups in total. The van der Waals surface area contributed by atoms with Gasteiger partial charge in [0.25, 0.3) is 0 Å². The Morgan fingerprint density at radius 3 is 2.76 bits per heavy atom. The van der Waals surface area contributed by atoms with Gasteiger partial charge in [0, 0.05) is 17.3 Å². The molecule has 0 aromatic heterocycles. The molecule has 8 heteroatoms. The van der Waals surface area contributed by atoms with E-state index < -0.39 is 18.0 Å². The highest BCUT2D eigenvalue weighted by atomic mass is 127. The number of rotatable bonds is 7. The summed E-state index contributed by atoms with van der Waals surface area (Å²) in [5.41, 5.74) is 0.426. The fourth-order valence-corrected chi connectivity index (χ4v) is 2.50. The van der Waals surface area contributed by atoms with Crippen molar-refractivity contribution in [1.29, 1.82) is 0 Å². The molecule has 2 amide bonds. The molecule has 0 fully saturated rings. The fraction of sp³-hybridized carbons (Fsp3) is 0.385. The van der Waals surface area contributed by atoms with Crippen LogP contribution in [0, 0.1) is 3.57 Å². The van der Waals surface area contributed by atoms with Crippen LogP contribution in [-0.4, -0.2) is 36.9 Å². The lowest BCUT2D eigenvalue weighted by molar-refractivity contribution is -0.139. The standard InChI is InChI=1S/C13H16ClIN2O4/c1-21-6-2-3-11(12(18)19)17-13(20)16-10-5-4-8(15)7-9(10)14/h4-5,7,11H,2-3,6H2,1H3,(H,18,19)(H2,16,17,20). The van der Waals surface area contributed by atoms with Crippen molar-refractivity contribution in [2.24, 2.45) is 0 Å². The summed E-state index contributed by atoms with van der Waals surface area (Å²) in [6, 6.07) is 3.57. The summed E-state index contributed by atoms with van der Waals surface area (Å²) in [4.78, 5) is 22.9. The van der Waals surface area contributed by atoms with E-state index in [0.29, 0.717) is 23.7 Å². The van der Waals surface area contributed by atoms with E-state index >= 15 is 0 Å². The van der Waals surface area contributed by atoms with Gasteiger partial charge in [-0.3, -0.25) is 0 Å². The molecule has 0 aliphatic heterocycles. The molecule has 0 bridgehead atoms. The summed E-state index contributed by atoms with van der Waals surface area (Å²) in [6.07, 6.45) is 0.828. The van der Waals surface area contributed by atoms with Crippen LogP contribution in [0.15, 0.2) is 18.2 Å². The van der Waals surface area contributed by atoms with Crippen molar-refractivity contribution >= 4 is 51.9 Å². The molecule has 0 radical (unpaired) electrons. The number of carbonyl (C=O) groups is 2. The summed E-state index contributed by atoms with van der Waals surface area (Å²) < 4.78 is 5.80. The summed E-state index contributed by atoms with van der Waals surface area (Å²) in [5, 5.41) is 14.4. The van der Waals surface area contributed by atoms with Crippen molar-refractivity contribution < 1.29 is 19.4 Å². The number of carboxylic acids is 1. The van der Waals surface area contributed by atoms with Crippen LogP contribution in [0.4, 0.5) is 10.5 Å². The van der Waals surface area contributed by atoms with E-state index in [1.165, 1.54) is 7.11 Å². The minimum absolute atomic E-state index is 0.289. The first kappa shape index (κ1) is 18.0. The fourth-order valence-electron chi connectivity index (χ4n) is 1.60. The first-order valence-electron chi connectivity index (χ1n) is 6.18. The number of carboxylic acid groups (broad SMARTS) is 1. The van der Waals surface area contributed by atoms with Crippen LogP contribution in [0.2, 0.25) is 5.02 Å². The molecule has 116 valence electrons. The summed E-state index contributed by atoms with van der Waals surface area (Å²) >= 11 is 8.10. The molecule has 0 aliphatic rings. The van der Waals surface area contributed by atoms with E-state index in [4.69, 9.17) is 21.4 Å². The van der Waals surface area contributed by atoms with E-state index in [1.807, 2.05) is 0 Å². The van der Waals surface area contributed by atoms with Gasteiger partial charge in [0.05, 0.1) is 10.7 Å². The zero-order chi connectivity index (χ0) is 15.8. The second-order valence-electron chi connectivity index (χ2n) is 4.25. The Morgan fingerprint density at radius 1 is 1.48 bits per heavy atom. The molecule has 6 nitrogen and oxygen atoms in total. The van der Waals surface area contributed by atoms with Crippen LogP contribution in [0.3, 0.4) is 0 Å². The number of amides is 2. The van der Waals surface area contributed by atoms with Gasteiger partial charge in [-0.25, -0.2) is 9.59 Å². The van der Waals surface area contributed by atoms with E-state index in [-0.39, 0.29) is 6.42 Å². The monoisotopic (exact) mass is 426 g/mol. The van der Waals surface area contributed by atoms with Crippen molar-refractivity contribution in [2.75, 3.05) is 19.0 Å². The molecule has 1 unspecified atom stereocenters. The summed E-state index contributed by atoms with van der Waals surface area (Å²) in [6.45, 7) is 0.441. The molecular weight excluding hydrogens is 411 g/mol. The van der Waals surface area contributed by atoms with Crippen LogP contribution in [0.5, 0.6) is 0 Å². The number of halogens is 2. The quantitative estimate of drug-likeness (QED) is 0.462. The lowest BCUT2D eigenvalue weighted by Crippen LogP contribution is -2.43. The number of nitrogens with one attached hydrogen (secondary N) is 2. The number of anilines is 1. The normalized spacial score (nSPS) is 11.8. The largest absolute Gasteiger partial charge is 0.480 e. The third-order valence-electron chi connectivity index (χ3n) is 2.62. The van der Waals surface area contributed by atoms with Crippen molar-refractivity contribution in [3.63, 3.8) is 0 Å². The molecule has 1 aromatic carbocycles. The Labute approximate surface area is 141 Å². The number of methoxy groups -OCH3 is 1. The average molecular weight is 427 g/mol. The van der Waals surface area contributed by atoms with Crippen LogP contribution in [0.1, 0.15) is 12.8 Å². The highest BCUT2D eigenvalue weighted by Gasteiger charge is 2.19. The SMILES string of the molecule is COCCCC(NC(=O)Nc1ccc(I)cc1Cl)C(=O)O. The number of carbonyl (C=O) groups excluding carboxylic acids is 1. The Hall–Kier alpha value is -1.06. The van der Waals surface area contributed by atoms with Crippen molar-refractivity contribution in [1.82, 2.24) is 5.32 Å². The highest BCUT2D eigenvalue weighted by Crippen LogP contribution is 2.23. The lowest BCUT2D eigenvalue weighted by Gasteiger charge is -2.15. The van der Waals surface area contributed by atoms with E-state index in [2.05, 4.69) is 33.2 Å². The van der Waals surface area contributed by atoms with Gasteiger partial charge in [0.1, 0.15) is 6.04 Å². The number of ether oxygens (including phenoxy) is 1. The molecule has 0 saturated heterocycles.